The summed E-state index contributed by atoms with van der Waals surface area (Å²) < 4.78 is 5.16. The number of ether oxygens (including phenoxy) is 1. The highest BCUT2D eigenvalue weighted by Crippen LogP contribution is 2.51. The minimum absolute atomic E-state index is 0.0143. The first-order valence-corrected chi connectivity index (χ1v) is 8.77. The van der Waals surface area contributed by atoms with Crippen LogP contribution in [0.4, 0.5) is 0 Å². The first-order chi connectivity index (χ1) is 11.7. The SMILES string of the molecule is CC1(C)CC(=O)C2=C(C1)NC1(O)COC(=O)C1C2c1ccc(Cl)cc1. The molecule has 1 aromatic rings. The molecule has 6 heteroatoms. The van der Waals surface area contributed by atoms with Gasteiger partial charge in [-0.3, -0.25) is 9.59 Å². The maximum atomic E-state index is 12.9. The van der Waals surface area contributed by atoms with E-state index in [4.69, 9.17) is 16.3 Å². The van der Waals surface area contributed by atoms with Gasteiger partial charge >= 0.3 is 5.97 Å². The third kappa shape index (κ3) is 2.57. The molecule has 3 unspecified atom stereocenters. The molecule has 1 saturated heterocycles. The van der Waals surface area contributed by atoms with Crippen LogP contribution in [0.5, 0.6) is 0 Å². The second-order valence-corrected chi connectivity index (χ2v) is 8.43. The Morgan fingerprint density at radius 1 is 1.20 bits per heavy atom. The van der Waals surface area contributed by atoms with Crippen LogP contribution in [0.2, 0.25) is 5.02 Å². The van der Waals surface area contributed by atoms with Crippen LogP contribution in [0.15, 0.2) is 35.5 Å². The smallest absolute Gasteiger partial charge is 0.315 e. The summed E-state index contributed by atoms with van der Waals surface area (Å²) >= 11 is 5.99. The maximum absolute atomic E-state index is 12.9. The Bertz CT molecular complexity index is 798. The first-order valence-electron chi connectivity index (χ1n) is 8.39. The molecule has 0 aromatic heterocycles. The Balaban J connectivity index is 1.91. The fourth-order valence-electron chi connectivity index (χ4n) is 4.35. The largest absolute Gasteiger partial charge is 0.460 e. The molecule has 0 saturated carbocycles. The summed E-state index contributed by atoms with van der Waals surface area (Å²) in [5.41, 5.74) is 0.413. The van der Waals surface area contributed by atoms with Gasteiger partial charge in [-0.05, 0) is 29.5 Å². The zero-order valence-corrected chi connectivity index (χ0v) is 14.9. The summed E-state index contributed by atoms with van der Waals surface area (Å²) in [5, 5.41) is 14.7. The van der Waals surface area contributed by atoms with Gasteiger partial charge in [0.25, 0.3) is 0 Å². The molecule has 2 aliphatic heterocycles. The van der Waals surface area contributed by atoms with Crippen LogP contribution < -0.4 is 5.32 Å². The summed E-state index contributed by atoms with van der Waals surface area (Å²) in [6.07, 6.45) is 1.05. The number of rotatable bonds is 1. The number of fused-ring (bicyclic) bond motifs is 1. The molecule has 0 bridgehead atoms. The van der Waals surface area contributed by atoms with Crippen LogP contribution in [0, 0.1) is 11.3 Å². The van der Waals surface area contributed by atoms with E-state index in [2.05, 4.69) is 5.32 Å². The lowest BCUT2D eigenvalue weighted by atomic mass is 9.65. The van der Waals surface area contributed by atoms with E-state index in [1.165, 1.54) is 0 Å². The molecular formula is C19H20ClNO4. The van der Waals surface area contributed by atoms with Gasteiger partial charge in [-0.2, -0.15) is 0 Å². The molecule has 2 N–H and O–H groups in total. The predicted octanol–water partition coefficient (Wildman–Crippen LogP) is 2.53. The van der Waals surface area contributed by atoms with Crippen molar-refractivity contribution >= 4 is 23.4 Å². The molecule has 5 nitrogen and oxygen atoms in total. The van der Waals surface area contributed by atoms with Gasteiger partial charge in [0.1, 0.15) is 12.5 Å². The van der Waals surface area contributed by atoms with Crippen molar-refractivity contribution in [1.82, 2.24) is 5.32 Å². The number of carbonyl (C=O) groups excluding carboxylic acids is 2. The van der Waals surface area contributed by atoms with Crippen LogP contribution in [0.25, 0.3) is 0 Å². The van der Waals surface area contributed by atoms with Crippen molar-refractivity contribution in [2.24, 2.45) is 11.3 Å². The number of esters is 1. The predicted molar refractivity (Wildman–Crippen MR) is 91.8 cm³/mol. The molecule has 2 heterocycles. The summed E-state index contributed by atoms with van der Waals surface area (Å²) in [6, 6.07) is 7.08. The van der Waals surface area contributed by atoms with Crippen molar-refractivity contribution < 1.29 is 19.4 Å². The third-order valence-corrected chi connectivity index (χ3v) is 5.62. The van der Waals surface area contributed by atoms with Gasteiger partial charge in [0.05, 0.1) is 0 Å². The minimum Gasteiger partial charge on any atom is -0.460 e. The normalized spacial score (nSPS) is 33.4. The number of nitrogens with one attached hydrogen (secondary N) is 1. The van der Waals surface area contributed by atoms with Gasteiger partial charge in [-0.25, -0.2) is 0 Å². The van der Waals surface area contributed by atoms with E-state index in [0.29, 0.717) is 23.4 Å². The van der Waals surface area contributed by atoms with Crippen molar-refractivity contribution in [1.29, 1.82) is 0 Å². The number of ketones is 1. The van der Waals surface area contributed by atoms with Crippen LogP contribution in [0.1, 0.15) is 38.2 Å². The molecule has 132 valence electrons. The van der Waals surface area contributed by atoms with Gasteiger partial charge in [-0.15, -0.1) is 0 Å². The van der Waals surface area contributed by atoms with Crippen molar-refractivity contribution in [3.63, 3.8) is 0 Å². The van der Waals surface area contributed by atoms with E-state index in [0.717, 1.165) is 11.3 Å². The topological polar surface area (TPSA) is 75.6 Å². The average Bonchev–Trinajstić information content (AvgIpc) is 2.80. The highest BCUT2D eigenvalue weighted by molar-refractivity contribution is 6.30. The summed E-state index contributed by atoms with van der Waals surface area (Å²) in [5.74, 6) is -1.85. The molecule has 0 spiro atoms. The van der Waals surface area contributed by atoms with E-state index in [1.807, 2.05) is 26.0 Å². The van der Waals surface area contributed by atoms with Gasteiger partial charge in [0, 0.05) is 28.6 Å². The molecule has 0 radical (unpaired) electrons. The fourth-order valence-corrected chi connectivity index (χ4v) is 4.47. The fraction of sp³-hybridized carbons (Fsp3) is 0.474. The van der Waals surface area contributed by atoms with Crippen LogP contribution in [-0.4, -0.2) is 29.2 Å². The third-order valence-electron chi connectivity index (χ3n) is 5.36. The lowest BCUT2D eigenvalue weighted by Crippen LogP contribution is -2.58. The van der Waals surface area contributed by atoms with E-state index in [-0.39, 0.29) is 17.8 Å². The first kappa shape index (κ1) is 16.6. The number of allylic oxidation sites excluding steroid dienone is 2. The van der Waals surface area contributed by atoms with Gasteiger partial charge in [0.15, 0.2) is 11.5 Å². The molecule has 25 heavy (non-hydrogen) atoms. The zero-order chi connectivity index (χ0) is 18.0. The van der Waals surface area contributed by atoms with Crippen molar-refractivity contribution in [3.8, 4) is 0 Å². The Labute approximate surface area is 151 Å². The summed E-state index contributed by atoms with van der Waals surface area (Å²) in [6.45, 7) is 3.94. The monoisotopic (exact) mass is 361 g/mol. The number of aliphatic hydroxyl groups is 1. The zero-order valence-electron chi connectivity index (χ0n) is 14.1. The van der Waals surface area contributed by atoms with E-state index < -0.39 is 23.5 Å². The lowest BCUT2D eigenvalue weighted by Gasteiger charge is -2.45. The number of cyclic esters (lactones) is 1. The maximum Gasteiger partial charge on any atom is 0.315 e. The minimum atomic E-state index is -1.49. The Hall–Kier alpha value is -1.85. The van der Waals surface area contributed by atoms with Gasteiger partial charge < -0.3 is 15.2 Å². The average molecular weight is 362 g/mol. The number of hydrogen-bond donors (Lipinski definition) is 2. The van der Waals surface area contributed by atoms with Crippen LogP contribution >= 0.6 is 11.6 Å². The molecular weight excluding hydrogens is 342 g/mol. The number of Topliss-reactive ketones (excluding diaryl/α,β-unsaturated/α-hetero) is 1. The molecule has 1 fully saturated rings. The molecule has 4 rings (SSSR count). The number of halogens is 1. The number of hydrogen-bond acceptors (Lipinski definition) is 5. The van der Waals surface area contributed by atoms with E-state index in [1.54, 1.807) is 12.1 Å². The summed E-state index contributed by atoms with van der Waals surface area (Å²) in [4.78, 5) is 25.3. The van der Waals surface area contributed by atoms with Crippen LogP contribution in [0.3, 0.4) is 0 Å². The quantitative estimate of drug-likeness (QED) is 0.752. The second kappa shape index (κ2) is 5.32. The Morgan fingerprint density at radius 2 is 1.88 bits per heavy atom. The van der Waals surface area contributed by atoms with Crippen molar-refractivity contribution in [2.75, 3.05) is 6.61 Å². The lowest BCUT2D eigenvalue weighted by molar-refractivity contribution is -0.142. The number of carbonyl (C=O) groups is 2. The highest BCUT2D eigenvalue weighted by Gasteiger charge is 2.59. The van der Waals surface area contributed by atoms with Crippen molar-refractivity contribution in [3.05, 3.63) is 46.1 Å². The molecule has 1 aliphatic carbocycles. The van der Waals surface area contributed by atoms with E-state index >= 15 is 0 Å². The van der Waals surface area contributed by atoms with Gasteiger partial charge in [-0.1, -0.05) is 37.6 Å². The van der Waals surface area contributed by atoms with Crippen LogP contribution in [-0.2, 0) is 14.3 Å². The Kier molecular flexibility index (Phi) is 3.54. The van der Waals surface area contributed by atoms with Crippen molar-refractivity contribution in [2.45, 2.75) is 38.3 Å². The highest BCUT2D eigenvalue weighted by atomic mass is 35.5. The standard InChI is InChI=1S/C19H20ClNO4/c1-18(2)7-12-15(13(22)8-18)14(10-3-5-11(20)6-4-10)16-17(23)25-9-19(16,24)21-12/h3-6,14,16,21,24H,7-9H2,1-2H3. The number of benzene rings is 1. The summed E-state index contributed by atoms with van der Waals surface area (Å²) in [7, 11) is 0. The Morgan fingerprint density at radius 3 is 2.56 bits per heavy atom. The molecule has 0 amide bonds. The van der Waals surface area contributed by atoms with E-state index in [9.17, 15) is 14.7 Å². The molecule has 1 aromatic carbocycles. The second-order valence-electron chi connectivity index (χ2n) is 8.00. The molecule has 3 aliphatic rings. The van der Waals surface area contributed by atoms with Gasteiger partial charge in [0.2, 0.25) is 0 Å². The molecule has 3 atom stereocenters.